The number of piperidine rings is 2. The van der Waals surface area contributed by atoms with Gasteiger partial charge in [-0.05, 0) is 54.7 Å². The second-order valence-electron chi connectivity index (χ2n) is 8.33. The minimum Gasteiger partial charge on any atom is -0.389 e. The molecule has 0 radical (unpaired) electrons. The van der Waals surface area contributed by atoms with Crippen LogP contribution in [0.2, 0.25) is 10.0 Å². The predicted octanol–water partition coefficient (Wildman–Crippen LogP) is 5.11. The first kappa shape index (κ1) is 17.5. The fourth-order valence-corrected chi connectivity index (χ4v) is 4.45. The molecule has 4 heteroatoms. The zero-order chi connectivity index (χ0) is 16.8. The highest BCUT2D eigenvalue weighted by atomic mass is 35.5. The normalized spacial score (nSPS) is 32.6. The van der Waals surface area contributed by atoms with E-state index in [1.165, 1.54) is 5.56 Å². The molecular formula is C19H27Cl2NO. The van der Waals surface area contributed by atoms with Crippen molar-refractivity contribution in [2.75, 3.05) is 13.1 Å². The van der Waals surface area contributed by atoms with E-state index in [1.54, 1.807) is 0 Å². The summed E-state index contributed by atoms with van der Waals surface area (Å²) in [6.45, 7) is 8.51. The molecule has 23 heavy (non-hydrogen) atoms. The number of hydrogen-bond acceptors (Lipinski definition) is 2. The molecule has 1 aromatic carbocycles. The van der Waals surface area contributed by atoms with E-state index in [1.807, 2.05) is 12.1 Å². The summed E-state index contributed by atoms with van der Waals surface area (Å²) in [6, 6.07) is 6.53. The van der Waals surface area contributed by atoms with Crippen molar-refractivity contribution >= 4 is 23.2 Å². The van der Waals surface area contributed by atoms with Crippen LogP contribution in [-0.2, 0) is 0 Å². The van der Waals surface area contributed by atoms with Gasteiger partial charge < -0.3 is 5.11 Å². The van der Waals surface area contributed by atoms with Crippen molar-refractivity contribution < 1.29 is 5.11 Å². The highest BCUT2D eigenvalue weighted by Crippen LogP contribution is 2.44. The molecule has 2 aliphatic rings. The summed E-state index contributed by atoms with van der Waals surface area (Å²) in [7, 11) is 0. The molecule has 1 aromatic rings. The van der Waals surface area contributed by atoms with E-state index >= 15 is 0 Å². The second-order valence-corrected chi connectivity index (χ2v) is 9.15. The van der Waals surface area contributed by atoms with Gasteiger partial charge in [-0.3, -0.25) is 4.90 Å². The minimum atomic E-state index is -0.537. The number of nitrogens with zero attached hydrogens (tertiary/aromatic N) is 1. The Morgan fingerprint density at radius 3 is 2.57 bits per heavy atom. The Bertz CT molecular complexity index is 583. The summed E-state index contributed by atoms with van der Waals surface area (Å²) in [4.78, 5) is 2.57. The number of fused-ring (bicyclic) bond motifs is 1. The van der Waals surface area contributed by atoms with Crippen LogP contribution in [0.1, 0.15) is 57.9 Å². The number of rotatable bonds is 1. The highest BCUT2D eigenvalue weighted by molar-refractivity contribution is 6.42. The van der Waals surface area contributed by atoms with E-state index in [0.29, 0.717) is 22.0 Å². The quantitative estimate of drug-likeness (QED) is 0.756. The fraction of sp³-hybridized carbons (Fsp3) is 0.684. The first-order chi connectivity index (χ1) is 10.7. The molecule has 3 rings (SSSR count). The van der Waals surface area contributed by atoms with Gasteiger partial charge in [0.15, 0.2) is 0 Å². The largest absolute Gasteiger partial charge is 0.389 e. The number of halogens is 2. The van der Waals surface area contributed by atoms with Crippen LogP contribution in [0, 0.1) is 5.41 Å². The van der Waals surface area contributed by atoms with Gasteiger partial charge in [-0.1, -0.05) is 50.0 Å². The summed E-state index contributed by atoms with van der Waals surface area (Å²) in [5.41, 5.74) is 0.694. The Hall–Kier alpha value is -0.280. The van der Waals surface area contributed by atoms with Gasteiger partial charge in [0.05, 0.1) is 15.6 Å². The average Bonchev–Trinajstić information content (AvgIpc) is 2.48. The molecule has 0 unspecified atom stereocenters. The minimum absolute atomic E-state index is 0.0559. The van der Waals surface area contributed by atoms with Crippen molar-refractivity contribution in [2.24, 2.45) is 5.41 Å². The lowest BCUT2D eigenvalue weighted by Gasteiger charge is -2.52. The van der Waals surface area contributed by atoms with Crippen LogP contribution >= 0.6 is 23.2 Å². The van der Waals surface area contributed by atoms with E-state index in [-0.39, 0.29) is 5.41 Å². The van der Waals surface area contributed by atoms with Crippen molar-refractivity contribution in [2.45, 2.75) is 64.0 Å². The molecular weight excluding hydrogens is 329 g/mol. The molecule has 0 saturated carbocycles. The molecule has 0 amide bonds. The summed E-state index contributed by atoms with van der Waals surface area (Å²) < 4.78 is 0. The van der Waals surface area contributed by atoms with Gasteiger partial charge in [0.1, 0.15) is 0 Å². The van der Waals surface area contributed by atoms with Gasteiger partial charge in [-0.2, -0.15) is 0 Å². The molecule has 0 bridgehead atoms. The molecule has 1 N–H and O–H groups in total. The predicted molar refractivity (Wildman–Crippen MR) is 97.4 cm³/mol. The van der Waals surface area contributed by atoms with Crippen molar-refractivity contribution in [3.05, 3.63) is 33.8 Å². The van der Waals surface area contributed by atoms with Gasteiger partial charge in [0.2, 0.25) is 0 Å². The van der Waals surface area contributed by atoms with Gasteiger partial charge in [0.25, 0.3) is 0 Å². The van der Waals surface area contributed by atoms with Gasteiger partial charge in [-0.15, -0.1) is 0 Å². The highest BCUT2D eigenvalue weighted by Gasteiger charge is 2.47. The molecule has 2 saturated heterocycles. The fourth-order valence-electron chi connectivity index (χ4n) is 4.14. The van der Waals surface area contributed by atoms with Crippen LogP contribution in [0.3, 0.4) is 0 Å². The zero-order valence-electron chi connectivity index (χ0n) is 14.3. The van der Waals surface area contributed by atoms with Crippen molar-refractivity contribution in [3.63, 3.8) is 0 Å². The smallest absolute Gasteiger partial charge is 0.0722 e. The lowest BCUT2D eigenvalue weighted by atomic mass is 9.67. The van der Waals surface area contributed by atoms with Crippen molar-refractivity contribution in [1.29, 1.82) is 0 Å². The van der Waals surface area contributed by atoms with Gasteiger partial charge >= 0.3 is 0 Å². The molecule has 2 nitrogen and oxygen atoms in total. The maximum absolute atomic E-state index is 11.0. The number of benzene rings is 1. The van der Waals surface area contributed by atoms with E-state index in [9.17, 15) is 5.11 Å². The van der Waals surface area contributed by atoms with Crippen molar-refractivity contribution in [3.8, 4) is 0 Å². The lowest BCUT2D eigenvalue weighted by molar-refractivity contribution is -0.122. The molecule has 2 heterocycles. The Morgan fingerprint density at radius 1 is 1.17 bits per heavy atom. The molecule has 2 fully saturated rings. The topological polar surface area (TPSA) is 23.5 Å². The summed E-state index contributed by atoms with van der Waals surface area (Å²) in [5, 5.41) is 12.3. The Morgan fingerprint density at radius 2 is 1.91 bits per heavy atom. The number of aliphatic hydroxyl groups is 1. The van der Waals surface area contributed by atoms with Crippen LogP contribution < -0.4 is 0 Å². The number of hydrogen-bond donors (Lipinski definition) is 1. The third-order valence-corrected chi connectivity index (χ3v) is 6.76. The van der Waals surface area contributed by atoms with Gasteiger partial charge in [-0.25, -0.2) is 0 Å². The maximum atomic E-state index is 11.0. The standard InChI is InChI=1S/C19H27Cl2NO/c1-18(2,3)19(23)8-9-22-12-14(4-6-15(22)11-19)13-5-7-16(20)17(21)10-13/h5,7,10,14-15,23H,4,6,8-9,11-12H2,1-3H3/t14-,15+,19-/m0/s1. The van der Waals surface area contributed by atoms with E-state index in [2.05, 4.69) is 31.7 Å². The van der Waals surface area contributed by atoms with Crippen LogP contribution in [-0.4, -0.2) is 34.7 Å². The molecule has 2 aliphatic heterocycles. The Kier molecular flexibility index (Phi) is 4.74. The summed E-state index contributed by atoms with van der Waals surface area (Å²) in [6.07, 6.45) is 4.05. The second kappa shape index (κ2) is 6.22. The third-order valence-electron chi connectivity index (χ3n) is 6.02. The molecule has 0 spiro atoms. The zero-order valence-corrected chi connectivity index (χ0v) is 15.8. The van der Waals surface area contributed by atoms with E-state index in [4.69, 9.17) is 23.2 Å². The third kappa shape index (κ3) is 3.42. The SMILES string of the molecule is CC(C)(C)[C@]1(O)CCN2C[C@@H](c3ccc(Cl)c(Cl)c3)CC[C@@H]2C1. The van der Waals surface area contributed by atoms with Gasteiger partial charge in [0, 0.05) is 19.1 Å². The summed E-state index contributed by atoms with van der Waals surface area (Å²) in [5.74, 6) is 0.516. The van der Waals surface area contributed by atoms with Crippen LogP contribution in [0.4, 0.5) is 0 Å². The van der Waals surface area contributed by atoms with E-state index < -0.39 is 5.60 Å². The average molecular weight is 356 g/mol. The van der Waals surface area contributed by atoms with Crippen LogP contribution in [0.15, 0.2) is 18.2 Å². The lowest BCUT2D eigenvalue weighted by Crippen LogP contribution is -2.57. The monoisotopic (exact) mass is 355 g/mol. The molecule has 0 aliphatic carbocycles. The molecule has 128 valence electrons. The van der Waals surface area contributed by atoms with Crippen molar-refractivity contribution in [1.82, 2.24) is 4.90 Å². The maximum Gasteiger partial charge on any atom is 0.0722 e. The van der Waals surface area contributed by atoms with E-state index in [0.717, 1.165) is 38.8 Å². The van der Waals surface area contributed by atoms with Crippen LogP contribution in [0.5, 0.6) is 0 Å². The molecule has 3 atom stereocenters. The molecule has 0 aromatic heterocycles. The first-order valence-corrected chi connectivity index (χ1v) is 9.36. The Balaban J connectivity index is 1.70. The van der Waals surface area contributed by atoms with Crippen LogP contribution in [0.25, 0.3) is 0 Å². The Labute approximate surface area is 149 Å². The summed E-state index contributed by atoms with van der Waals surface area (Å²) >= 11 is 12.2. The first-order valence-electron chi connectivity index (χ1n) is 8.61.